The van der Waals surface area contributed by atoms with Crippen molar-refractivity contribution in [3.63, 3.8) is 0 Å². The van der Waals surface area contributed by atoms with Gasteiger partial charge < -0.3 is 15.4 Å². The van der Waals surface area contributed by atoms with Crippen molar-refractivity contribution in [2.45, 2.75) is 13.5 Å². The topological polar surface area (TPSA) is 50.4 Å². The molecule has 0 atom stereocenters. The zero-order chi connectivity index (χ0) is 14.8. The second-order valence-electron chi connectivity index (χ2n) is 4.98. The maximum absolute atomic E-state index is 11.3. The Labute approximate surface area is 128 Å². The standard InChI is InChI=1S/C16H15ClN2O2/c1-10-2-4-12(17)7-13(10)18-8-11-3-5-15-14(6-11)19-16(20)9-21-15/h2-7,18H,8-9H2,1H3,(H,19,20). The molecule has 0 bridgehead atoms. The molecule has 2 aromatic carbocycles. The van der Waals surface area contributed by atoms with Crippen LogP contribution < -0.4 is 15.4 Å². The number of aryl methyl sites for hydroxylation is 1. The highest BCUT2D eigenvalue weighted by Crippen LogP contribution is 2.29. The van der Waals surface area contributed by atoms with Gasteiger partial charge in [-0.2, -0.15) is 0 Å². The van der Waals surface area contributed by atoms with E-state index in [0.29, 0.717) is 23.0 Å². The third-order valence-corrected chi connectivity index (χ3v) is 3.59. The van der Waals surface area contributed by atoms with Crippen molar-refractivity contribution in [3.8, 4) is 5.75 Å². The van der Waals surface area contributed by atoms with E-state index in [1.165, 1.54) is 0 Å². The van der Waals surface area contributed by atoms with E-state index in [1.807, 2.05) is 43.3 Å². The molecule has 2 N–H and O–H groups in total. The van der Waals surface area contributed by atoms with E-state index in [9.17, 15) is 4.79 Å². The Morgan fingerprint density at radius 1 is 1.29 bits per heavy atom. The summed E-state index contributed by atoms with van der Waals surface area (Å²) in [6.45, 7) is 2.75. The van der Waals surface area contributed by atoms with Gasteiger partial charge in [0.15, 0.2) is 6.61 Å². The highest BCUT2D eigenvalue weighted by Gasteiger charge is 2.15. The third kappa shape index (κ3) is 3.11. The molecule has 3 rings (SSSR count). The van der Waals surface area contributed by atoms with E-state index in [4.69, 9.17) is 16.3 Å². The van der Waals surface area contributed by atoms with Gasteiger partial charge in [-0.1, -0.05) is 23.7 Å². The van der Waals surface area contributed by atoms with Crippen LogP contribution in [0.4, 0.5) is 11.4 Å². The number of carbonyl (C=O) groups excluding carboxylic acids is 1. The molecule has 0 aliphatic carbocycles. The Bertz CT molecular complexity index is 701. The first-order chi connectivity index (χ1) is 10.1. The van der Waals surface area contributed by atoms with E-state index in [2.05, 4.69) is 10.6 Å². The number of hydrogen-bond acceptors (Lipinski definition) is 3. The Morgan fingerprint density at radius 3 is 3.00 bits per heavy atom. The average Bonchev–Trinajstić information content (AvgIpc) is 2.47. The average molecular weight is 303 g/mol. The van der Waals surface area contributed by atoms with E-state index in [1.54, 1.807) is 0 Å². The van der Waals surface area contributed by atoms with Gasteiger partial charge in [0, 0.05) is 17.3 Å². The molecule has 1 aliphatic heterocycles. The maximum atomic E-state index is 11.3. The van der Waals surface area contributed by atoms with Crippen molar-refractivity contribution in [1.29, 1.82) is 0 Å². The van der Waals surface area contributed by atoms with Crippen LogP contribution in [-0.4, -0.2) is 12.5 Å². The van der Waals surface area contributed by atoms with Crippen molar-refractivity contribution >= 4 is 28.9 Å². The molecule has 5 heteroatoms. The molecular weight excluding hydrogens is 288 g/mol. The minimum atomic E-state index is -0.127. The van der Waals surface area contributed by atoms with Gasteiger partial charge in [0.2, 0.25) is 0 Å². The third-order valence-electron chi connectivity index (χ3n) is 3.36. The molecule has 0 spiro atoms. The number of halogens is 1. The van der Waals surface area contributed by atoms with Gasteiger partial charge in [-0.3, -0.25) is 4.79 Å². The van der Waals surface area contributed by atoms with Crippen LogP contribution in [0.2, 0.25) is 5.02 Å². The van der Waals surface area contributed by atoms with Crippen LogP contribution in [0, 0.1) is 6.92 Å². The minimum Gasteiger partial charge on any atom is -0.482 e. The summed E-state index contributed by atoms with van der Waals surface area (Å²) in [5, 5.41) is 6.86. The second kappa shape index (κ2) is 5.66. The molecule has 0 fully saturated rings. The van der Waals surface area contributed by atoms with Gasteiger partial charge >= 0.3 is 0 Å². The monoisotopic (exact) mass is 302 g/mol. The fourth-order valence-electron chi connectivity index (χ4n) is 2.22. The summed E-state index contributed by atoms with van der Waals surface area (Å²) in [5.41, 5.74) is 3.90. The summed E-state index contributed by atoms with van der Waals surface area (Å²) in [6, 6.07) is 11.5. The molecule has 0 unspecified atom stereocenters. The smallest absolute Gasteiger partial charge is 0.262 e. The summed E-state index contributed by atoms with van der Waals surface area (Å²) in [5.74, 6) is 0.579. The minimum absolute atomic E-state index is 0.0757. The van der Waals surface area contributed by atoms with Crippen LogP contribution in [0.1, 0.15) is 11.1 Å². The predicted molar refractivity (Wildman–Crippen MR) is 84.1 cm³/mol. The van der Waals surface area contributed by atoms with Gasteiger partial charge in [0.05, 0.1) is 5.69 Å². The number of ether oxygens (including phenoxy) is 1. The van der Waals surface area contributed by atoms with Crippen LogP contribution in [-0.2, 0) is 11.3 Å². The van der Waals surface area contributed by atoms with Crippen molar-refractivity contribution in [2.75, 3.05) is 17.2 Å². The Kier molecular flexibility index (Phi) is 3.71. The number of amides is 1. The molecule has 0 saturated carbocycles. The highest BCUT2D eigenvalue weighted by molar-refractivity contribution is 6.30. The van der Waals surface area contributed by atoms with E-state index >= 15 is 0 Å². The molecule has 21 heavy (non-hydrogen) atoms. The molecule has 108 valence electrons. The lowest BCUT2D eigenvalue weighted by atomic mass is 10.1. The quantitative estimate of drug-likeness (QED) is 0.911. The molecule has 1 amide bonds. The van der Waals surface area contributed by atoms with Gasteiger partial charge in [0.1, 0.15) is 5.75 Å². The molecule has 2 aromatic rings. The maximum Gasteiger partial charge on any atom is 0.262 e. The fourth-order valence-corrected chi connectivity index (χ4v) is 2.39. The molecule has 4 nitrogen and oxygen atoms in total. The van der Waals surface area contributed by atoms with Crippen molar-refractivity contribution in [1.82, 2.24) is 0 Å². The zero-order valence-corrected chi connectivity index (χ0v) is 12.3. The summed E-state index contributed by atoms with van der Waals surface area (Å²) in [6.07, 6.45) is 0. The number of fused-ring (bicyclic) bond motifs is 1. The van der Waals surface area contributed by atoms with Crippen LogP contribution in [0.15, 0.2) is 36.4 Å². The lowest BCUT2D eigenvalue weighted by molar-refractivity contribution is -0.118. The molecule has 0 saturated heterocycles. The van der Waals surface area contributed by atoms with Crippen molar-refractivity contribution < 1.29 is 9.53 Å². The Balaban J connectivity index is 1.75. The number of rotatable bonds is 3. The number of hydrogen-bond donors (Lipinski definition) is 2. The largest absolute Gasteiger partial charge is 0.482 e. The second-order valence-corrected chi connectivity index (χ2v) is 5.42. The summed E-state index contributed by atoms with van der Waals surface area (Å²) < 4.78 is 5.34. The number of nitrogens with one attached hydrogen (secondary N) is 2. The molecule has 0 radical (unpaired) electrons. The van der Waals surface area contributed by atoms with Crippen LogP contribution in [0.25, 0.3) is 0 Å². The van der Waals surface area contributed by atoms with Gasteiger partial charge in [0.25, 0.3) is 5.91 Å². The normalized spacial score (nSPS) is 13.1. The van der Waals surface area contributed by atoms with Gasteiger partial charge in [-0.15, -0.1) is 0 Å². The van der Waals surface area contributed by atoms with Gasteiger partial charge in [-0.25, -0.2) is 0 Å². The van der Waals surface area contributed by atoms with Gasteiger partial charge in [-0.05, 0) is 42.3 Å². The number of carbonyl (C=O) groups is 1. The number of anilines is 2. The molecular formula is C16H15ClN2O2. The Morgan fingerprint density at radius 2 is 2.14 bits per heavy atom. The van der Waals surface area contributed by atoms with Crippen LogP contribution in [0.3, 0.4) is 0 Å². The number of benzene rings is 2. The van der Waals surface area contributed by atoms with Crippen LogP contribution >= 0.6 is 11.6 Å². The van der Waals surface area contributed by atoms with E-state index in [-0.39, 0.29) is 12.5 Å². The van der Waals surface area contributed by atoms with E-state index < -0.39 is 0 Å². The summed E-state index contributed by atoms with van der Waals surface area (Å²) in [7, 11) is 0. The molecule has 1 heterocycles. The molecule has 1 aliphatic rings. The highest BCUT2D eigenvalue weighted by atomic mass is 35.5. The first-order valence-corrected chi connectivity index (χ1v) is 7.05. The lowest BCUT2D eigenvalue weighted by Crippen LogP contribution is -2.25. The fraction of sp³-hybridized carbons (Fsp3) is 0.188. The van der Waals surface area contributed by atoms with Crippen molar-refractivity contribution in [2.24, 2.45) is 0 Å². The zero-order valence-electron chi connectivity index (χ0n) is 11.6. The van der Waals surface area contributed by atoms with E-state index in [0.717, 1.165) is 16.8 Å². The SMILES string of the molecule is Cc1ccc(Cl)cc1NCc1ccc2c(c1)NC(=O)CO2. The predicted octanol–water partition coefficient (Wildman–Crippen LogP) is 3.59. The Hall–Kier alpha value is -2.20. The summed E-state index contributed by atoms with van der Waals surface area (Å²) in [4.78, 5) is 11.3. The van der Waals surface area contributed by atoms with Crippen molar-refractivity contribution in [3.05, 3.63) is 52.5 Å². The van der Waals surface area contributed by atoms with Crippen LogP contribution in [0.5, 0.6) is 5.75 Å². The lowest BCUT2D eigenvalue weighted by Gasteiger charge is -2.19. The molecule has 0 aromatic heterocycles. The summed E-state index contributed by atoms with van der Waals surface area (Å²) >= 11 is 6.01. The first-order valence-electron chi connectivity index (χ1n) is 6.67. The first kappa shape index (κ1) is 13.8.